The second kappa shape index (κ2) is 5.46. The van der Waals surface area contributed by atoms with Gasteiger partial charge in [-0.2, -0.15) is 0 Å². The molecule has 0 aliphatic heterocycles. The van der Waals surface area contributed by atoms with E-state index in [1.807, 2.05) is 19.9 Å². The molecule has 5 nitrogen and oxygen atoms in total. The van der Waals surface area contributed by atoms with E-state index in [0.29, 0.717) is 22.8 Å². The van der Waals surface area contributed by atoms with Crippen molar-refractivity contribution in [3.63, 3.8) is 0 Å². The summed E-state index contributed by atoms with van der Waals surface area (Å²) in [6.45, 7) is 4.08. The van der Waals surface area contributed by atoms with Gasteiger partial charge in [-0.15, -0.1) is 0 Å². The van der Waals surface area contributed by atoms with Gasteiger partial charge >= 0.3 is 5.97 Å². The van der Waals surface area contributed by atoms with Gasteiger partial charge in [0.1, 0.15) is 0 Å². The molecule has 0 unspecified atom stereocenters. The number of carbonyl (C=O) groups excluding carboxylic acids is 1. The second-order valence-electron chi connectivity index (χ2n) is 5.04. The molecule has 0 radical (unpaired) electrons. The normalized spacial score (nSPS) is 11.2. The number of aliphatic hydroxyl groups is 1. The molecule has 0 atom stereocenters. The van der Waals surface area contributed by atoms with Crippen LogP contribution in [0, 0.1) is 0 Å². The smallest absolute Gasteiger partial charge is 0.337 e. The lowest BCUT2D eigenvalue weighted by atomic mass is 9.97. The number of aromatic nitrogens is 1. The first-order chi connectivity index (χ1) is 9.49. The van der Waals surface area contributed by atoms with Crippen molar-refractivity contribution in [2.75, 3.05) is 6.61 Å². The fourth-order valence-electron chi connectivity index (χ4n) is 2.36. The molecule has 2 aromatic rings. The van der Waals surface area contributed by atoms with Gasteiger partial charge in [-0.3, -0.25) is 4.79 Å². The SMILES string of the molecule is CC(C)c1cc(C(=O)O)c2c(c1)c(C=O)cn2CCO. The molecular weight excluding hydrogens is 258 g/mol. The van der Waals surface area contributed by atoms with Crippen LogP contribution in [0.2, 0.25) is 0 Å². The first-order valence-electron chi connectivity index (χ1n) is 6.45. The number of nitrogens with zero attached hydrogens (tertiary/aromatic N) is 1. The Hall–Kier alpha value is -2.14. The van der Waals surface area contributed by atoms with E-state index in [1.165, 1.54) is 0 Å². The topological polar surface area (TPSA) is 79.5 Å². The van der Waals surface area contributed by atoms with Crippen molar-refractivity contribution in [2.24, 2.45) is 0 Å². The number of hydrogen-bond acceptors (Lipinski definition) is 3. The zero-order valence-corrected chi connectivity index (χ0v) is 11.5. The van der Waals surface area contributed by atoms with Gasteiger partial charge in [-0.25, -0.2) is 4.79 Å². The molecule has 2 N–H and O–H groups in total. The van der Waals surface area contributed by atoms with Gasteiger partial charge in [-0.1, -0.05) is 13.8 Å². The van der Waals surface area contributed by atoms with Crippen molar-refractivity contribution in [1.82, 2.24) is 4.57 Å². The average Bonchev–Trinajstić information content (AvgIpc) is 2.76. The van der Waals surface area contributed by atoms with Crippen molar-refractivity contribution in [1.29, 1.82) is 0 Å². The third kappa shape index (κ3) is 2.32. The molecule has 0 saturated heterocycles. The van der Waals surface area contributed by atoms with E-state index in [2.05, 4.69) is 0 Å². The summed E-state index contributed by atoms with van der Waals surface area (Å²) >= 11 is 0. The summed E-state index contributed by atoms with van der Waals surface area (Å²) in [5, 5.41) is 19.1. The minimum Gasteiger partial charge on any atom is -0.478 e. The monoisotopic (exact) mass is 275 g/mol. The molecule has 5 heteroatoms. The Bertz CT molecular complexity index is 670. The van der Waals surface area contributed by atoms with Crippen LogP contribution in [-0.2, 0) is 6.54 Å². The third-order valence-electron chi connectivity index (χ3n) is 3.39. The number of benzene rings is 1. The fraction of sp³-hybridized carbons (Fsp3) is 0.333. The molecular formula is C15H17NO4. The van der Waals surface area contributed by atoms with Crippen LogP contribution in [0.5, 0.6) is 0 Å². The van der Waals surface area contributed by atoms with Gasteiger partial charge in [0.2, 0.25) is 0 Å². The Morgan fingerprint density at radius 3 is 2.60 bits per heavy atom. The largest absolute Gasteiger partial charge is 0.478 e. The average molecular weight is 275 g/mol. The summed E-state index contributed by atoms with van der Waals surface area (Å²) < 4.78 is 1.62. The van der Waals surface area contributed by atoms with Gasteiger partial charge in [0, 0.05) is 23.7 Å². The van der Waals surface area contributed by atoms with Crippen LogP contribution in [0.4, 0.5) is 0 Å². The van der Waals surface area contributed by atoms with Crippen LogP contribution in [0.15, 0.2) is 18.3 Å². The maximum atomic E-state index is 11.5. The Morgan fingerprint density at radius 1 is 1.40 bits per heavy atom. The predicted molar refractivity (Wildman–Crippen MR) is 75.5 cm³/mol. The molecule has 1 heterocycles. The lowest BCUT2D eigenvalue weighted by molar-refractivity contribution is 0.0698. The van der Waals surface area contributed by atoms with Gasteiger partial charge in [0.25, 0.3) is 0 Å². The molecule has 0 fully saturated rings. The molecule has 0 aliphatic rings. The fourth-order valence-corrected chi connectivity index (χ4v) is 2.36. The Labute approximate surface area is 116 Å². The Balaban J connectivity index is 2.86. The van der Waals surface area contributed by atoms with E-state index in [0.717, 1.165) is 5.56 Å². The number of hydrogen-bond donors (Lipinski definition) is 2. The van der Waals surface area contributed by atoms with E-state index < -0.39 is 5.97 Å². The molecule has 0 bridgehead atoms. The minimum absolute atomic E-state index is 0.118. The highest BCUT2D eigenvalue weighted by molar-refractivity contribution is 6.08. The highest BCUT2D eigenvalue weighted by Crippen LogP contribution is 2.29. The van der Waals surface area contributed by atoms with E-state index >= 15 is 0 Å². The van der Waals surface area contributed by atoms with Gasteiger partial charge in [0.05, 0.1) is 17.7 Å². The number of rotatable bonds is 5. The highest BCUT2D eigenvalue weighted by atomic mass is 16.4. The van der Waals surface area contributed by atoms with Crippen molar-refractivity contribution < 1.29 is 19.8 Å². The standard InChI is InChI=1S/C15H17NO4/c1-9(2)10-5-12-11(8-18)7-16(3-4-17)14(12)13(6-10)15(19)20/h5-9,17H,3-4H2,1-2H3,(H,19,20). The minimum atomic E-state index is -1.03. The number of aliphatic hydroxyl groups excluding tert-OH is 1. The number of aldehydes is 1. The van der Waals surface area contributed by atoms with E-state index in [1.54, 1.807) is 16.8 Å². The lowest BCUT2D eigenvalue weighted by Crippen LogP contribution is -2.06. The number of fused-ring (bicyclic) bond motifs is 1. The van der Waals surface area contributed by atoms with E-state index in [-0.39, 0.29) is 24.6 Å². The molecule has 0 saturated carbocycles. The van der Waals surface area contributed by atoms with Gasteiger partial charge < -0.3 is 14.8 Å². The summed E-state index contributed by atoms with van der Waals surface area (Å²) in [5.74, 6) is -0.870. The summed E-state index contributed by atoms with van der Waals surface area (Å²) in [6.07, 6.45) is 2.30. The summed E-state index contributed by atoms with van der Waals surface area (Å²) in [7, 11) is 0. The summed E-state index contributed by atoms with van der Waals surface area (Å²) in [4.78, 5) is 22.7. The zero-order chi connectivity index (χ0) is 14.9. The highest BCUT2D eigenvalue weighted by Gasteiger charge is 2.18. The Morgan fingerprint density at radius 2 is 2.10 bits per heavy atom. The first kappa shape index (κ1) is 14.3. The van der Waals surface area contributed by atoms with Gasteiger partial charge in [0.15, 0.2) is 6.29 Å². The molecule has 0 spiro atoms. The van der Waals surface area contributed by atoms with E-state index in [9.17, 15) is 14.7 Å². The zero-order valence-electron chi connectivity index (χ0n) is 11.5. The predicted octanol–water partition coefficient (Wildman–Crippen LogP) is 2.27. The quantitative estimate of drug-likeness (QED) is 0.820. The van der Waals surface area contributed by atoms with Crippen LogP contribution in [0.3, 0.4) is 0 Å². The Kier molecular flexibility index (Phi) is 3.90. The molecule has 2 rings (SSSR count). The van der Waals surface area contributed by atoms with Crippen molar-refractivity contribution in [3.05, 3.63) is 35.0 Å². The number of carboxylic acid groups (broad SMARTS) is 1. The van der Waals surface area contributed by atoms with Gasteiger partial charge in [-0.05, 0) is 23.6 Å². The molecule has 0 aliphatic carbocycles. The van der Waals surface area contributed by atoms with Crippen LogP contribution < -0.4 is 0 Å². The maximum absolute atomic E-state index is 11.5. The molecule has 20 heavy (non-hydrogen) atoms. The molecule has 106 valence electrons. The van der Waals surface area contributed by atoms with Crippen molar-refractivity contribution >= 4 is 23.2 Å². The number of carbonyl (C=O) groups is 2. The number of carboxylic acids is 1. The lowest BCUT2D eigenvalue weighted by Gasteiger charge is -2.10. The first-order valence-corrected chi connectivity index (χ1v) is 6.45. The van der Waals surface area contributed by atoms with Crippen molar-refractivity contribution in [2.45, 2.75) is 26.3 Å². The second-order valence-corrected chi connectivity index (χ2v) is 5.04. The summed E-state index contributed by atoms with van der Waals surface area (Å²) in [6, 6.07) is 3.49. The summed E-state index contributed by atoms with van der Waals surface area (Å²) in [5.41, 5.74) is 1.96. The van der Waals surface area contributed by atoms with Crippen LogP contribution in [0.25, 0.3) is 10.9 Å². The molecule has 1 aromatic carbocycles. The van der Waals surface area contributed by atoms with Crippen LogP contribution >= 0.6 is 0 Å². The van der Waals surface area contributed by atoms with Crippen LogP contribution in [0.1, 0.15) is 46.0 Å². The number of aromatic carboxylic acids is 1. The molecule has 1 aromatic heterocycles. The van der Waals surface area contributed by atoms with Crippen molar-refractivity contribution in [3.8, 4) is 0 Å². The maximum Gasteiger partial charge on any atom is 0.337 e. The third-order valence-corrected chi connectivity index (χ3v) is 3.39. The van der Waals surface area contributed by atoms with Crippen LogP contribution in [-0.4, -0.2) is 33.6 Å². The molecule has 0 amide bonds. The van der Waals surface area contributed by atoms with E-state index in [4.69, 9.17) is 5.11 Å².